The zero-order chi connectivity index (χ0) is 26.8. The summed E-state index contributed by atoms with van der Waals surface area (Å²) in [4.78, 5) is 30.2. The number of methoxy groups -OCH3 is 1. The number of amides is 2. The topological polar surface area (TPSA) is 102 Å². The standard InChI is InChI=1S/C29H41N3O5/c1-21(2)18-24-20-31(19-23-8-5-4-6-9-23)16-17-32(24)29(35)26(27(33)28(34)30-36)11-7-10-22-12-14-25(37-3)15-13-22/h4-6,8-9,12-15,21,24,26-27,33,36H,7,10-11,16-20H2,1-3H3,(H,30,34)/t24-,26+,27-/m0/s1. The Kier molecular flexibility index (Phi) is 10.9. The van der Waals surface area contributed by atoms with Crippen LogP contribution in [0.1, 0.15) is 44.2 Å². The van der Waals surface area contributed by atoms with Crippen LogP contribution in [0.4, 0.5) is 0 Å². The molecule has 1 heterocycles. The molecule has 1 aliphatic rings. The molecule has 0 spiro atoms. The zero-order valence-corrected chi connectivity index (χ0v) is 22.2. The van der Waals surface area contributed by atoms with Gasteiger partial charge in [-0.15, -0.1) is 0 Å². The van der Waals surface area contributed by atoms with Gasteiger partial charge < -0.3 is 14.7 Å². The first-order chi connectivity index (χ1) is 17.8. The quantitative estimate of drug-likeness (QED) is 0.299. The second-order valence-electron chi connectivity index (χ2n) is 10.3. The lowest BCUT2D eigenvalue weighted by Crippen LogP contribution is -2.58. The molecule has 0 aromatic heterocycles. The largest absolute Gasteiger partial charge is 0.497 e. The minimum absolute atomic E-state index is 0.0153. The average molecular weight is 512 g/mol. The van der Waals surface area contributed by atoms with Gasteiger partial charge >= 0.3 is 0 Å². The maximum absolute atomic E-state index is 13.8. The van der Waals surface area contributed by atoms with Crippen LogP contribution >= 0.6 is 0 Å². The number of hydroxylamine groups is 1. The van der Waals surface area contributed by atoms with Gasteiger partial charge in [0.2, 0.25) is 5.91 Å². The van der Waals surface area contributed by atoms with Crippen LogP contribution in [-0.2, 0) is 22.6 Å². The number of ether oxygens (including phenoxy) is 1. The van der Waals surface area contributed by atoms with Crippen molar-refractivity contribution in [2.75, 3.05) is 26.7 Å². The maximum atomic E-state index is 13.8. The molecule has 0 aliphatic carbocycles. The first kappa shape index (κ1) is 28.6. The van der Waals surface area contributed by atoms with E-state index >= 15 is 0 Å². The molecule has 0 radical (unpaired) electrons. The summed E-state index contributed by atoms with van der Waals surface area (Å²) in [6.45, 7) is 7.08. The fraction of sp³-hybridized carbons (Fsp3) is 0.517. The van der Waals surface area contributed by atoms with Crippen molar-refractivity contribution in [2.45, 2.75) is 58.2 Å². The summed E-state index contributed by atoms with van der Waals surface area (Å²) in [5, 5.41) is 19.9. The predicted molar refractivity (Wildman–Crippen MR) is 142 cm³/mol. The van der Waals surface area contributed by atoms with Crippen molar-refractivity contribution in [3.05, 3.63) is 65.7 Å². The van der Waals surface area contributed by atoms with Crippen molar-refractivity contribution in [1.82, 2.24) is 15.3 Å². The number of aliphatic hydroxyl groups excluding tert-OH is 1. The molecule has 1 saturated heterocycles. The Bertz CT molecular complexity index is 983. The number of nitrogens with one attached hydrogen (secondary N) is 1. The molecule has 202 valence electrons. The van der Waals surface area contributed by atoms with Crippen molar-refractivity contribution >= 4 is 11.8 Å². The van der Waals surface area contributed by atoms with E-state index in [1.165, 1.54) is 11.0 Å². The molecule has 1 aliphatic heterocycles. The van der Waals surface area contributed by atoms with Gasteiger partial charge in [-0.1, -0.05) is 56.3 Å². The third-order valence-electron chi connectivity index (χ3n) is 7.06. The van der Waals surface area contributed by atoms with Gasteiger partial charge in [0.1, 0.15) is 11.9 Å². The smallest absolute Gasteiger partial charge is 0.272 e. The Balaban J connectivity index is 1.71. The summed E-state index contributed by atoms with van der Waals surface area (Å²) in [6, 6.07) is 18.0. The van der Waals surface area contributed by atoms with E-state index in [9.17, 15) is 14.7 Å². The highest BCUT2D eigenvalue weighted by Crippen LogP contribution is 2.25. The van der Waals surface area contributed by atoms with E-state index < -0.39 is 17.9 Å². The summed E-state index contributed by atoms with van der Waals surface area (Å²) in [5.41, 5.74) is 3.84. The zero-order valence-electron chi connectivity index (χ0n) is 22.2. The van der Waals surface area contributed by atoms with Gasteiger partial charge in [0, 0.05) is 32.2 Å². The summed E-state index contributed by atoms with van der Waals surface area (Å²) in [7, 11) is 1.62. The first-order valence-electron chi connectivity index (χ1n) is 13.1. The van der Waals surface area contributed by atoms with Crippen LogP contribution in [0.15, 0.2) is 54.6 Å². The minimum Gasteiger partial charge on any atom is -0.497 e. The van der Waals surface area contributed by atoms with Crippen LogP contribution in [0.25, 0.3) is 0 Å². The number of carbonyl (C=O) groups excluding carboxylic acids is 2. The molecular formula is C29H41N3O5. The Morgan fingerprint density at radius 2 is 1.76 bits per heavy atom. The van der Waals surface area contributed by atoms with Crippen molar-refractivity contribution in [3.8, 4) is 5.75 Å². The van der Waals surface area contributed by atoms with Gasteiger partial charge in [0.25, 0.3) is 5.91 Å². The van der Waals surface area contributed by atoms with Crippen molar-refractivity contribution in [2.24, 2.45) is 11.8 Å². The number of nitrogens with zero attached hydrogens (tertiary/aromatic N) is 2. The van der Waals surface area contributed by atoms with Gasteiger partial charge in [-0.25, -0.2) is 5.48 Å². The molecule has 8 nitrogen and oxygen atoms in total. The van der Waals surface area contributed by atoms with Crippen LogP contribution in [0.3, 0.4) is 0 Å². The highest BCUT2D eigenvalue weighted by Gasteiger charge is 2.39. The number of hydrogen-bond acceptors (Lipinski definition) is 6. The molecule has 2 amide bonds. The van der Waals surface area contributed by atoms with Crippen LogP contribution in [0.5, 0.6) is 5.75 Å². The lowest BCUT2D eigenvalue weighted by molar-refractivity contribution is -0.154. The second-order valence-corrected chi connectivity index (χ2v) is 10.3. The maximum Gasteiger partial charge on any atom is 0.272 e. The molecule has 3 N–H and O–H groups in total. The number of aliphatic hydroxyl groups is 1. The van der Waals surface area contributed by atoms with E-state index in [2.05, 4.69) is 30.9 Å². The lowest BCUT2D eigenvalue weighted by atomic mass is 9.90. The molecule has 8 heteroatoms. The summed E-state index contributed by atoms with van der Waals surface area (Å²) in [5.74, 6) is -0.951. The van der Waals surface area contributed by atoms with Gasteiger partial charge in [0.15, 0.2) is 0 Å². The Labute approximate surface area is 220 Å². The Hall–Kier alpha value is -2.94. The van der Waals surface area contributed by atoms with E-state index in [1.54, 1.807) is 7.11 Å². The molecule has 0 unspecified atom stereocenters. The van der Waals surface area contributed by atoms with Crippen LogP contribution in [-0.4, -0.2) is 70.8 Å². The molecule has 3 atom stereocenters. The molecule has 2 aromatic rings. The summed E-state index contributed by atoms with van der Waals surface area (Å²) < 4.78 is 5.20. The van der Waals surface area contributed by atoms with Gasteiger partial charge in [-0.05, 0) is 54.9 Å². The van der Waals surface area contributed by atoms with Crippen LogP contribution in [0, 0.1) is 11.8 Å². The van der Waals surface area contributed by atoms with Gasteiger partial charge in [-0.2, -0.15) is 0 Å². The molecule has 2 aromatic carbocycles. The fourth-order valence-corrected chi connectivity index (χ4v) is 5.14. The normalized spacial score (nSPS) is 17.9. The number of rotatable bonds is 12. The monoisotopic (exact) mass is 511 g/mol. The van der Waals surface area contributed by atoms with E-state index in [4.69, 9.17) is 9.94 Å². The summed E-state index contributed by atoms with van der Waals surface area (Å²) >= 11 is 0. The van der Waals surface area contributed by atoms with E-state index in [-0.39, 0.29) is 11.9 Å². The van der Waals surface area contributed by atoms with E-state index in [0.29, 0.717) is 31.7 Å². The van der Waals surface area contributed by atoms with Crippen LogP contribution < -0.4 is 10.2 Å². The SMILES string of the molecule is COc1ccc(CCC[C@@H](C(=O)N2CCN(Cc3ccccc3)C[C@@H]2CC(C)C)[C@H](O)C(=O)NO)cc1. The first-order valence-corrected chi connectivity index (χ1v) is 13.1. The molecule has 37 heavy (non-hydrogen) atoms. The highest BCUT2D eigenvalue weighted by atomic mass is 16.5. The van der Waals surface area contributed by atoms with E-state index in [1.807, 2.05) is 47.4 Å². The number of hydrogen-bond donors (Lipinski definition) is 3. The lowest BCUT2D eigenvalue weighted by Gasteiger charge is -2.44. The average Bonchev–Trinajstić information content (AvgIpc) is 2.90. The van der Waals surface area contributed by atoms with Crippen molar-refractivity contribution in [3.63, 3.8) is 0 Å². The molecular weight excluding hydrogens is 470 g/mol. The third kappa shape index (κ3) is 8.28. The highest BCUT2D eigenvalue weighted by molar-refractivity contribution is 5.89. The predicted octanol–water partition coefficient (Wildman–Crippen LogP) is 3.26. The van der Waals surface area contributed by atoms with Gasteiger partial charge in [-0.3, -0.25) is 19.7 Å². The second kappa shape index (κ2) is 14.1. The van der Waals surface area contributed by atoms with E-state index in [0.717, 1.165) is 37.4 Å². The van der Waals surface area contributed by atoms with Gasteiger partial charge in [0.05, 0.1) is 13.0 Å². The van der Waals surface area contributed by atoms with Crippen LogP contribution in [0.2, 0.25) is 0 Å². The number of aryl methyl sites for hydroxylation is 1. The molecule has 3 rings (SSSR count). The number of carbonyl (C=O) groups is 2. The fourth-order valence-electron chi connectivity index (χ4n) is 5.14. The Morgan fingerprint density at radius 1 is 1.05 bits per heavy atom. The van der Waals surface area contributed by atoms with Crippen molar-refractivity contribution in [1.29, 1.82) is 0 Å². The minimum atomic E-state index is -1.62. The number of piperazine rings is 1. The molecule has 0 saturated carbocycles. The molecule has 1 fully saturated rings. The Morgan fingerprint density at radius 3 is 2.38 bits per heavy atom. The summed E-state index contributed by atoms with van der Waals surface area (Å²) in [6.07, 6.45) is 0.856. The number of benzene rings is 2. The molecule has 0 bridgehead atoms. The third-order valence-corrected chi connectivity index (χ3v) is 7.06. The van der Waals surface area contributed by atoms with Crippen molar-refractivity contribution < 1.29 is 24.6 Å².